The average Bonchev–Trinajstić information content (AvgIpc) is 3.05. The van der Waals surface area contributed by atoms with Gasteiger partial charge < -0.3 is 14.5 Å². The van der Waals surface area contributed by atoms with E-state index in [1.165, 1.54) is 0 Å². The maximum Gasteiger partial charge on any atom is 0.252 e. The highest BCUT2D eigenvalue weighted by Crippen LogP contribution is 2.16. The van der Waals surface area contributed by atoms with E-state index < -0.39 is 0 Å². The Morgan fingerprint density at radius 1 is 1.32 bits per heavy atom. The molecule has 0 unspecified atom stereocenters. The fourth-order valence-corrected chi connectivity index (χ4v) is 2.47. The molecule has 0 N–H and O–H groups in total. The van der Waals surface area contributed by atoms with E-state index >= 15 is 0 Å². The van der Waals surface area contributed by atoms with Crippen LogP contribution in [-0.4, -0.2) is 55.6 Å². The Kier molecular flexibility index (Phi) is 5.93. The fourth-order valence-electron chi connectivity index (χ4n) is 2.47. The number of hydrogen-bond donors (Lipinski definition) is 0. The maximum atomic E-state index is 12.6. The van der Waals surface area contributed by atoms with Crippen molar-refractivity contribution in [2.24, 2.45) is 0 Å². The molecule has 0 radical (unpaired) electrons. The van der Waals surface area contributed by atoms with Crippen molar-refractivity contribution < 1.29 is 9.53 Å². The molecule has 1 atom stereocenters. The van der Waals surface area contributed by atoms with E-state index in [-0.39, 0.29) is 12.0 Å². The summed E-state index contributed by atoms with van der Waals surface area (Å²) < 4.78 is 5.53. The van der Waals surface area contributed by atoms with Crippen LogP contribution >= 0.6 is 0 Å². The van der Waals surface area contributed by atoms with Crippen LogP contribution < -0.4 is 0 Å². The highest BCUT2D eigenvalue weighted by Gasteiger charge is 2.28. The largest absolute Gasteiger partial charge is 0.368 e. The Morgan fingerprint density at radius 3 is 2.59 bits per heavy atom. The Bertz CT molecular complexity index is 528. The van der Waals surface area contributed by atoms with Gasteiger partial charge in [0.05, 0.1) is 11.6 Å². The van der Waals surface area contributed by atoms with Gasteiger partial charge in [-0.3, -0.25) is 4.79 Å². The van der Waals surface area contributed by atoms with E-state index in [0.29, 0.717) is 25.3 Å². The summed E-state index contributed by atoms with van der Waals surface area (Å²) in [6.07, 6.45) is 1.47. The molecule has 1 aromatic carbocycles. The third-order valence-corrected chi connectivity index (χ3v) is 3.79. The molecule has 1 heterocycles. The van der Waals surface area contributed by atoms with Crippen molar-refractivity contribution in [2.75, 3.05) is 33.8 Å². The van der Waals surface area contributed by atoms with E-state index in [1.807, 2.05) is 31.1 Å². The summed E-state index contributed by atoms with van der Waals surface area (Å²) in [6, 6.07) is 9.50. The Labute approximate surface area is 132 Å². The second-order valence-corrected chi connectivity index (χ2v) is 5.87. The van der Waals surface area contributed by atoms with Crippen LogP contribution in [0.25, 0.3) is 0 Å². The number of likely N-dealkylation sites (N-methyl/N-ethyl adjacent to an activating group) is 1. The van der Waals surface area contributed by atoms with Gasteiger partial charge in [0.15, 0.2) is 0 Å². The topological polar surface area (TPSA) is 56.6 Å². The third-order valence-electron chi connectivity index (χ3n) is 3.79. The first kappa shape index (κ1) is 16.5. The van der Waals surface area contributed by atoms with Crippen LogP contribution in [0.15, 0.2) is 24.3 Å². The van der Waals surface area contributed by atoms with Crippen molar-refractivity contribution in [1.29, 1.82) is 5.26 Å². The Morgan fingerprint density at radius 2 is 2.05 bits per heavy atom. The fraction of sp³-hybridized carbons (Fsp3) is 0.529. The van der Waals surface area contributed by atoms with E-state index in [2.05, 4.69) is 11.0 Å². The highest BCUT2D eigenvalue weighted by atomic mass is 16.5. The van der Waals surface area contributed by atoms with E-state index in [1.54, 1.807) is 12.1 Å². The highest BCUT2D eigenvalue weighted by molar-refractivity contribution is 5.81. The molecule has 22 heavy (non-hydrogen) atoms. The first-order valence-electron chi connectivity index (χ1n) is 7.64. The van der Waals surface area contributed by atoms with Crippen molar-refractivity contribution in [2.45, 2.75) is 25.5 Å². The smallest absolute Gasteiger partial charge is 0.252 e. The van der Waals surface area contributed by atoms with Gasteiger partial charge in [-0.1, -0.05) is 12.1 Å². The molecule has 1 saturated heterocycles. The second-order valence-electron chi connectivity index (χ2n) is 5.87. The summed E-state index contributed by atoms with van der Waals surface area (Å²) in [7, 11) is 3.99. The van der Waals surface area contributed by atoms with Crippen LogP contribution in [-0.2, 0) is 16.1 Å². The molecule has 5 nitrogen and oxygen atoms in total. The number of hydrogen-bond acceptors (Lipinski definition) is 4. The third kappa shape index (κ3) is 4.55. The summed E-state index contributed by atoms with van der Waals surface area (Å²) in [5.74, 6) is 0.0729. The zero-order chi connectivity index (χ0) is 15.9. The van der Waals surface area contributed by atoms with Gasteiger partial charge in [0.2, 0.25) is 0 Å². The summed E-state index contributed by atoms with van der Waals surface area (Å²) in [5, 5.41) is 8.85. The van der Waals surface area contributed by atoms with Gasteiger partial charge in [-0.25, -0.2) is 0 Å². The standard InChI is InChI=1S/C17H23N3O2/c1-19(2)9-10-20(17(21)16-4-3-11-22-16)13-15-7-5-14(12-18)6-8-15/h5-8,16H,3-4,9-11,13H2,1-2H3/t16-/m1/s1. The van der Waals surface area contributed by atoms with E-state index in [9.17, 15) is 4.79 Å². The van der Waals surface area contributed by atoms with E-state index in [0.717, 1.165) is 24.9 Å². The molecule has 5 heteroatoms. The van der Waals surface area contributed by atoms with Crippen molar-refractivity contribution in [1.82, 2.24) is 9.80 Å². The number of nitrogens with zero attached hydrogens (tertiary/aromatic N) is 3. The minimum atomic E-state index is -0.291. The summed E-state index contributed by atoms with van der Waals surface area (Å²) in [5.41, 5.74) is 1.66. The molecule has 0 saturated carbocycles. The van der Waals surface area contributed by atoms with Crippen LogP contribution in [0.2, 0.25) is 0 Å². The van der Waals surface area contributed by atoms with Crippen LogP contribution in [0.4, 0.5) is 0 Å². The number of ether oxygens (including phenoxy) is 1. The van der Waals surface area contributed by atoms with Crippen LogP contribution in [0.3, 0.4) is 0 Å². The summed E-state index contributed by atoms with van der Waals surface area (Å²) >= 11 is 0. The minimum absolute atomic E-state index is 0.0729. The number of amides is 1. The van der Waals surface area contributed by atoms with Gasteiger partial charge in [-0.2, -0.15) is 5.26 Å². The molecule has 1 aromatic rings. The van der Waals surface area contributed by atoms with Gasteiger partial charge in [-0.05, 0) is 44.6 Å². The number of carbonyl (C=O) groups is 1. The van der Waals surface area contributed by atoms with E-state index in [4.69, 9.17) is 10.00 Å². The minimum Gasteiger partial charge on any atom is -0.368 e. The quantitative estimate of drug-likeness (QED) is 0.801. The SMILES string of the molecule is CN(C)CCN(Cc1ccc(C#N)cc1)C(=O)[C@H]1CCCO1. The van der Waals surface area contributed by atoms with Crippen LogP contribution in [0, 0.1) is 11.3 Å². The van der Waals surface area contributed by atoms with Gasteiger partial charge in [-0.15, -0.1) is 0 Å². The zero-order valence-corrected chi connectivity index (χ0v) is 13.3. The number of rotatable bonds is 6. The predicted octanol–water partition coefficient (Wildman–Crippen LogP) is 1.63. The molecule has 0 spiro atoms. The summed E-state index contributed by atoms with van der Waals surface area (Å²) in [6.45, 7) is 2.72. The average molecular weight is 301 g/mol. The molecule has 0 aliphatic carbocycles. The van der Waals surface area contributed by atoms with Crippen molar-refractivity contribution in [3.05, 3.63) is 35.4 Å². The van der Waals surface area contributed by atoms with Gasteiger partial charge in [0.25, 0.3) is 5.91 Å². The molecule has 1 fully saturated rings. The molecular weight excluding hydrogens is 278 g/mol. The van der Waals surface area contributed by atoms with Crippen LogP contribution in [0.5, 0.6) is 0 Å². The Balaban J connectivity index is 2.05. The summed E-state index contributed by atoms with van der Waals surface area (Å²) in [4.78, 5) is 16.5. The second kappa shape index (κ2) is 7.92. The lowest BCUT2D eigenvalue weighted by atomic mass is 10.1. The predicted molar refractivity (Wildman–Crippen MR) is 84.1 cm³/mol. The van der Waals surface area contributed by atoms with Crippen molar-refractivity contribution in [3.63, 3.8) is 0 Å². The molecular formula is C17H23N3O2. The van der Waals surface area contributed by atoms with Crippen LogP contribution in [0.1, 0.15) is 24.0 Å². The number of benzene rings is 1. The normalized spacial score (nSPS) is 17.5. The molecule has 1 aliphatic heterocycles. The molecule has 1 aliphatic rings. The number of carbonyl (C=O) groups excluding carboxylic acids is 1. The molecule has 0 bridgehead atoms. The maximum absolute atomic E-state index is 12.6. The van der Waals surface area contributed by atoms with Crippen molar-refractivity contribution in [3.8, 4) is 6.07 Å². The first-order chi connectivity index (χ1) is 10.6. The monoisotopic (exact) mass is 301 g/mol. The van der Waals surface area contributed by atoms with Gasteiger partial charge in [0, 0.05) is 26.2 Å². The van der Waals surface area contributed by atoms with Gasteiger partial charge in [0.1, 0.15) is 6.10 Å². The molecule has 118 valence electrons. The van der Waals surface area contributed by atoms with Gasteiger partial charge >= 0.3 is 0 Å². The lowest BCUT2D eigenvalue weighted by Crippen LogP contribution is -2.41. The molecule has 1 amide bonds. The lowest BCUT2D eigenvalue weighted by Gasteiger charge is -2.27. The van der Waals surface area contributed by atoms with Crippen molar-refractivity contribution >= 4 is 5.91 Å². The molecule has 2 rings (SSSR count). The number of nitriles is 1. The lowest BCUT2D eigenvalue weighted by molar-refractivity contribution is -0.141. The first-order valence-corrected chi connectivity index (χ1v) is 7.64. The molecule has 0 aromatic heterocycles. The Hall–Kier alpha value is -1.90. The zero-order valence-electron chi connectivity index (χ0n) is 13.3.